The normalized spacial score (nSPS) is 16.0. The van der Waals surface area contributed by atoms with Crippen molar-refractivity contribution in [2.45, 2.75) is 25.7 Å². The van der Waals surface area contributed by atoms with E-state index in [1.807, 2.05) is 28.8 Å². The van der Waals surface area contributed by atoms with Crippen LogP contribution in [0.3, 0.4) is 0 Å². The van der Waals surface area contributed by atoms with Gasteiger partial charge in [0.1, 0.15) is 5.65 Å². The van der Waals surface area contributed by atoms with Gasteiger partial charge < -0.3 is 15.0 Å². The Morgan fingerprint density at radius 1 is 1.24 bits per heavy atom. The van der Waals surface area contributed by atoms with Crippen LogP contribution in [0.25, 0.3) is 5.65 Å². The SMILES string of the molecule is I.NC(=NCCc1cn2ccccc2n1)N1CCCCC1. The molecule has 2 N–H and O–H groups in total. The van der Waals surface area contributed by atoms with Gasteiger partial charge in [0.2, 0.25) is 0 Å². The molecule has 0 bridgehead atoms. The second-order valence-electron chi connectivity index (χ2n) is 5.24. The van der Waals surface area contributed by atoms with Crippen molar-refractivity contribution in [1.82, 2.24) is 14.3 Å². The number of rotatable bonds is 3. The zero-order valence-corrected chi connectivity index (χ0v) is 14.4. The number of hydrogen-bond donors (Lipinski definition) is 1. The van der Waals surface area contributed by atoms with Gasteiger partial charge in [-0.1, -0.05) is 6.07 Å². The molecule has 1 aliphatic rings. The minimum Gasteiger partial charge on any atom is -0.370 e. The number of nitrogens with zero attached hydrogens (tertiary/aromatic N) is 4. The molecule has 0 radical (unpaired) electrons. The van der Waals surface area contributed by atoms with E-state index < -0.39 is 0 Å². The van der Waals surface area contributed by atoms with Gasteiger partial charge in [0, 0.05) is 38.4 Å². The highest BCUT2D eigenvalue weighted by Crippen LogP contribution is 2.08. The molecule has 0 unspecified atom stereocenters. The van der Waals surface area contributed by atoms with Crippen molar-refractivity contribution >= 4 is 35.6 Å². The molecule has 0 saturated carbocycles. The summed E-state index contributed by atoms with van der Waals surface area (Å²) in [5.74, 6) is 0.688. The predicted octanol–water partition coefficient (Wildman–Crippen LogP) is 2.30. The van der Waals surface area contributed by atoms with E-state index in [9.17, 15) is 0 Å². The molecule has 114 valence electrons. The fraction of sp³-hybridized carbons (Fsp3) is 0.467. The highest BCUT2D eigenvalue weighted by atomic mass is 127. The number of likely N-dealkylation sites (tertiary alicyclic amines) is 1. The van der Waals surface area contributed by atoms with Crippen LogP contribution in [-0.4, -0.2) is 39.9 Å². The number of halogens is 1. The van der Waals surface area contributed by atoms with E-state index in [0.717, 1.165) is 30.9 Å². The van der Waals surface area contributed by atoms with Crippen LogP contribution in [0.1, 0.15) is 25.0 Å². The summed E-state index contributed by atoms with van der Waals surface area (Å²) in [5, 5.41) is 0. The van der Waals surface area contributed by atoms with Crippen LogP contribution in [-0.2, 0) is 6.42 Å². The molecular weight excluding hydrogens is 377 g/mol. The Balaban J connectivity index is 0.00000161. The highest BCUT2D eigenvalue weighted by molar-refractivity contribution is 14.0. The van der Waals surface area contributed by atoms with Crippen LogP contribution in [0.5, 0.6) is 0 Å². The van der Waals surface area contributed by atoms with Crippen LogP contribution in [0.2, 0.25) is 0 Å². The first-order chi connectivity index (χ1) is 9.83. The van der Waals surface area contributed by atoms with E-state index in [2.05, 4.69) is 21.1 Å². The van der Waals surface area contributed by atoms with Gasteiger partial charge in [-0.3, -0.25) is 4.99 Å². The maximum absolute atomic E-state index is 6.04. The third kappa shape index (κ3) is 4.09. The fourth-order valence-electron chi connectivity index (χ4n) is 2.62. The smallest absolute Gasteiger partial charge is 0.191 e. The molecule has 0 atom stereocenters. The van der Waals surface area contributed by atoms with Crippen LogP contribution in [0.4, 0.5) is 0 Å². The topological polar surface area (TPSA) is 58.9 Å². The molecule has 21 heavy (non-hydrogen) atoms. The Hall–Kier alpha value is -1.31. The Labute approximate surface area is 142 Å². The molecule has 0 aliphatic carbocycles. The number of aromatic nitrogens is 2. The molecular formula is C15H22IN5. The fourth-order valence-corrected chi connectivity index (χ4v) is 2.62. The van der Waals surface area contributed by atoms with E-state index in [1.165, 1.54) is 19.3 Å². The van der Waals surface area contributed by atoms with Crippen molar-refractivity contribution in [3.05, 3.63) is 36.3 Å². The van der Waals surface area contributed by atoms with Crippen molar-refractivity contribution in [2.75, 3.05) is 19.6 Å². The molecule has 6 heteroatoms. The molecule has 3 heterocycles. The monoisotopic (exact) mass is 399 g/mol. The zero-order valence-electron chi connectivity index (χ0n) is 12.1. The van der Waals surface area contributed by atoms with Crippen molar-refractivity contribution < 1.29 is 0 Å². The lowest BCUT2D eigenvalue weighted by Crippen LogP contribution is -2.41. The molecule has 2 aromatic heterocycles. The Morgan fingerprint density at radius 3 is 2.81 bits per heavy atom. The second-order valence-corrected chi connectivity index (χ2v) is 5.24. The van der Waals surface area contributed by atoms with Gasteiger partial charge in [-0.25, -0.2) is 4.98 Å². The van der Waals surface area contributed by atoms with Crippen LogP contribution in [0.15, 0.2) is 35.6 Å². The molecule has 5 nitrogen and oxygen atoms in total. The Morgan fingerprint density at radius 2 is 2.05 bits per heavy atom. The molecule has 1 fully saturated rings. The maximum atomic E-state index is 6.04. The van der Waals surface area contributed by atoms with E-state index in [4.69, 9.17) is 5.73 Å². The van der Waals surface area contributed by atoms with Crippen LogP contribution < -0.4 is 5.73 Å². The zero-order chi connectivity index (χ0) is 13.8. The third-order valence-corrected chi connectivity index (χ3v) is 3.74. The molecule has 2 aromatic rings. The van der Waals surface area contributed by atoms with Gasteiger partial charge in [-0.15, -0.1) is 24.0 Å². The minimum atomic E-state index is 0. The van der Waals surface area contributed by atoms with E-state index >= 15 is 0 Å². The summed E-state index contributed by atoms with van der Waals surface area (Å²) in [4.78, 5) is 11.2. The number of imidazole rings is 1. The quantitative estimate of drug-likeness (QED) is 0.490. The van der Waals surface area contributed by atoms with Gasteiger partial charge >= 0.3 is 0 Å². The van der Waals surface area contributed by atoms with Crippen molar-refractivity contribution in [3.8, 4) is 0 Å². The summed E-state index contributed by atoms with van der Waals surface area (Å²) in [5.41, 5.74) is 8.08. The average molecular weight is 399 g/mol. The summed E-state index contributed by atoms with van der Waals surface area (Å²) >= 11 is 0. The molecule has 1 aliphatic heterocycles. The van der Waals surface area contributed by atoms with Gasteiger partial charge in [-0.05, 0) is 31.4 Å². The maximum Gasteiger partial charge on any atom is 0.191 e. The highest BCUT2D eigenvalue weighted by Gasteiger charge is 2.11. The van der Waals surface area contributed by atoms with E-state index in [1.54, 1.807) is 0 Å². The Bertz CT molecular complexity index is 568. The molecule has 1 saturated heterocycles. The van der Waals surface area contributed by atoms with E-state index in [-0.39, 0.29) is 24.0 Å². The number of pyridine rings is 1. The van der Waals surface area contributed by atoms with Gasteiger partial charge in [0.25, 0.3) is 0 Å². The number of fused-ring (bicyclic) bond motifs is 1. The standard InChI is InChI=1S/C15H21N5.HI/c16-15(19-9-3-1-4-10-19)17-8-7-13-12-20-11-5-2-6-14(20)18-13;/h2,5-6,11-12H,1,3-4,7-10H2,(H2,16,17);1H. The largest absolute Gasteiger partial charge is 0.370 e. The number of guanidine groups is 1. The summed E-state index contributed by atoms with van der Waals surface area (Å²) in [6.45, 7) is 2.79. The minimum absolute atomic E-state index is 0. The first-order valence-corrected chi connectivity index (χ1v) is 7.30. The van der Waals surface area contributed by atoms with Gasteiger partial charge in [-0.2, -0.15) is 0 Å². The number of aliphatic imine (C=N–C) groups is 1. The summed E-state index contributed by atoms with van der Waals surface area (Å²) in [6, 6.07) is 6.01. The van der Waals surface area contributed by atoms with Crippen molar-refractivity contribution in [3.63, 3.8) is 0 Å². The molecule has 0 amide bonds. The first kappa shape index (κ1) is 16.1. The number of nitrogens with two attached hydrogens (primary N) is 1. The summed E-state index contributed by atoms with van der Waals surface area (Å²) in [6.07, 6.45) is 8.66. The van der Waals surface area contributed by atoms with Crippen molar-refractivity contribution in [1.29, 1.82) is 0 Å². The third-order valence-electron chi connectivity index (χ3n) is 3.74. The number of hydrogen-bond acceptors (Lipinski definition) is 2. The first-order valence-electron chi connectivity index (χ1n) is 7.30. The van der Waals surface area contributed by atoms with Gasteiger partial charge in [0.05, 0.1) is 5.69 Å². The lowest BCUT2D eigenvalue weighted by molar-refractivity contribution is 0.338. The number of piperidine rings is 1. The van der Waals surface area contributed by atoms with Crippen LogP contribution in [0, 0.1) is 0 Å². The van der Waals surface area contributed by atoms with Gasteiger partial charge in [0.15, 0.2) is 5.96 Å². The molecule has 3 rings (SSSR count). The molecule has 0 aromatic carbocycles. The Kier molecular flexibility index (Phi) is 5.84. The lowest BCUT2D eigenvalue weighted by atomic mass is 10.1. The van der Waals surface area contributed by atoms with Crippen molar-refractivity contribution in [2.24, 2.45) is 10.7 Å². The molecule has 0 spiro atoms. The van der Waals surface area contributed by atoms with E-state index in [0.29, 0.717) is 12.5 Å². The summed E-state index contributed by atoms with van der Waals surface area (Å²) in [7, 11) is 0. The lowest BCUT2D eigenvalue weighted by Gasteiger charge is -2.27. The summed E-state index contributed by atoms with van der Waals surface area (Å²) < 4.78 is 2.03. The second kappa shape index (κ2) is 7.63. The predicted molar refractivity (Wildman–Crippen MR) is 96.2 cm³/mol. The van der Waals surface area contributed by atoms with Crippen LogP contribution >= 0.6 is 24.0 Å². The average Bonchev–Trinajstić information content (AvgIpc) is 2.90.